The normalized spacial score (nSPS) is 27.4. The molecule has 1 saturated carbocycles. The molecule has 0 radical (unpaired) electrons. The first-order chi connectivity index (χ1) is 18.0. The molecule has 0 aliphatic heterocycles. The van der Waals surface area contributed by atoms with Gasteiger partial charge in [0.05, 0.1) is 24.4 Å². The van der Waals surface area contributed by atoms with Crippen molar-refractivity contribution in [2.75, 3.05) is 45.8 Å². The lowest BCUT2D eigenvalue weighted by Crippen LogP contribution is -2.51. The van der Waals surface area contributed by atoms with Crippen LogP contribution in [0.1, 0.15) is 82.6 Å². The maximum atomic E-state index is 10.1. The van der Waals surface area contributed by atoms with E-state index in [1.807, 2.05) is 0 Å². The monoisotopic (exact) mass is 568 g/mol. The van der Waals surface area contributed by atoms with Gasteiger partial charge in [-0.25, -0.2) is 0 Å². The summed E-state index contributed by atoms with van der Waals surface area (Å²) in [5, 5.41) is 40.3. The van der Waals surface area contributed by atoms with Crippen molar-refractivity contribution in [3.8, 4) is 0 Å². The summed E-state index contributed by atoms with van der Waals surface area (Å²) in [5.41, 5.74) is 14.8. The van der Waals surface area contributed by atoms with Gasteiger partial charge < -0.3 is 31.9 Å². The van der Waals surface area contributed by atoms with Crippen LogP contribution in [0.3, 0.4) is 0 Å². The average molecular weight is 569 g/mol. The van der Waals surface area contributed by atoms with Crippen LogP contribution in [-0.2, 0) is 0 Å². The van der Waals surface area contributed by atoms with E-state index >= 15 is 0 Å². The van der Waals surface area contributed by atoms with Gasteiger partial charge in [-0.1, -0.05) is 66.2 Å². The molecule has 8 heteroatoms. The Bertz CT molecular complexity index is 828. The first-order valence-electron chi connectivity index (χ1n) is 15.1. The fourth-order valence-corrected chi connectivity index (χ4v) is 6.89. The first-order valence-corrected chi connectivity index (χ1v) is 15.1. The van der Waals surface area contributed by atoms with Crippen molar-refractivity contribution in [3.05, 3.63) is 23.3 Å². The molecular weight excluding hydrogens is 504 g/mol. The van der Waals surface area contributed by atoms with Crippen molar-refractivity contribution >= 4 is 0 Å². The molecule has 0 spiro atoms. The molecule has 0 bridgehead atoms. The molecule has 40 heavy (non-hydrogen) atoms. The zero-order chi connectivity index (χ0) is 31.3. The molecule has 0 saturated heterocycles. The summed E-state index contributed by atoms with van der Waals surface area (Å²) in [4.78, 5) is 4.25. The number of aliphatic hydroxyl groups is 4. The van der Waals surface area contributed by atoms with Crippen molar-refractivity contribution in [1.29, 1.82) is 0 Å². The summed E-state index contributed by atoms with van der Waals surface area (Å²) in [7, 11) is 0. The predicted octanol–water partition coefficient (Wildman–Crippen LogP) is 2.74. The van der Waals surface area contributed by atoms with Gasteiger partial charge in [0.1, 0.15) is 0 Å². The zero-order valence-corrected chi connectivity index (χ0v) is 27.5. The smallest absolute Gasteiger partial charge is 0.0639 e. The van der Waals surface area contributed by atoms with Crippen LogP contribution in [0.25, 0.3) is 0 Å². The third-order valence-corrected chi connectivity index (χ3v) is 7.93. The molecule has 1 aliphatic carbocycles. The number of nitrogens with zero attached hydrogens (tertiary/aromatic N) is 2. The molecule has 0 amide bonds. The Hall–Kier alpha value is -0.840. The maximum Gasteiger partial charge on any atom is 0.0639 e. The van der Waals surface area contributed by atoms with Gasteiger partial charge in [-0.15, -0.1) is 0 Å². The highest BCUT2D eigenvalue weighted by Gasteiger charge is 2.48. The Morgan fingerprint density at radius 3 is 1.45 bits per heavy atom. The van der Waals surface area contributed by atoms with Gasteiger partial charge in [-0.2, -0.15) is 0 Å². The van der Waals surface area contributed by atoms with Gasteiger partial charge in [0.2, 0.25) is 0 Å². The minimum absolute atomic E-state index is 0.146. The maximum absolute atomic E-state index is 10.1. The van der Waals surface area contributed by atoms with E-state index in [-0.39, 0.29) is 22.3 Å². The molecule has 0 aromatic rings. The third kappa shape index (κ3) is 11.4. The van der Waals surface area contributed by atoms with Crippen molar-refractivity contribution in [3.63, 3.8) is 0 Å². The summed E-state index contributed by atoms with van der Waals surface area (Å²) < 4.78 is 0. The van der Waals surface area contributed by atoms with E-state index in [1.165, 1.54) is 5.57 Å². The lowest BCUT2D eigenvalue weighted by Gasteiger charge is -2.52. The van der Waals surface area contributed by atoms with E-state index in [4.69, 9.17) is 11.5 Å². The largest absolute Gasteiger partial charge is 0.392 e. The SMILES string of the molecule is CC(O)CN(CC(C)O)CC(C)(C)C=C1C(N)CC(C)(C)C(=CC(C)(C)CN(CC(C)O)CC(C)O)C1(C)CN. The highest BCUT2D eigenvalue weighted by Crippen LogP contribution is 2.54. The second kappa shape index (κ2) is 14.6. The van der Waals surface area contributed by atoms with Crippen LogP contribution in [0.15, 0.2) is 23.3 Å². The van der Waals surface area contributed by atoms with Crippen LogP contribution in [0.2, 0.25) is 0 Å². The fourth-order valence-electron chi connectivity index (χ4n) is 6.89. The highest BCUT2D eigenvalue weighted by atomic mass is 16.3. The van der Waals surface area contributed by atoms with Crippen LogP contribution >= 0.6 is 0 Å². The highest BCUT2D eigenvalue weighted by molar-refractivity contribution is 5.42. The fraction of sp³-hybridized carbons (Fsp3) is 0.875. The van der Waals surface area contributed by atoms with Crippen molar-refractivity contribution in [2.24, 2.45) is 33.1 Å². The van der Waals surface area contributed by atoms with E-state index in [2.05, 4.69) is 70.4 Å². The van der Waals surface area contributed by atoms with E-state index in [0.717, 1.165) is 12.0 Å². The predicted molar refractivity (Wildman–Crippen MR) is 167 cm³/mol. The second-order valence-corrected chi connectivity index (χ2v) is 15.1. The molecule has 8 N–H and O–H groups in total. The quantitative estimate of drug-likeness (QED) is 0.166. The number of rotatable bonds is 15. The summed E-state index contributed by atoms with van der Waals surface area (Å²) >= 11 is 0. The van der Waals surface area contributed by atoms with E-state index in [0.29, 0.717) is 45.8 Å². The van der Waals surface area contributed by atoms with Crippen LogP contribution in [0, 0.1) is 21.7 Å². The van der Waals surface area contributed by atoms with Crippen molar-refractivity contribution in [2.45, 2.75) is 113 Å². The van der Waals surface area contributed by atoms with E-state index in [9.17, 15) is 20.4 Å². The molecule has 236 valence electrons. The number of aliphatic hydroxyl groups excluding tert-OH is 4. The molecule has 6 unspecified atom stereocenters. The van der Waals surface area contributed by atoms with Gasteiger partial charge in [0.15, 0.2) is 0 Å². The van der Waals surface area contributed by atoms with E-state index in [1.54, 1.807) is 27.7 Å². The summed E-state index contributed by atoms with van der Waals surface area (Å²) in [5.74, 6) is 0. The lowest BCUT2D eigenvalue weighted by atomic mass is 9.54. The summed E-state index contributed by atoms with van der Waals surface area (Å²) in [6, 6.07) is -0.146. The number of hydrogen-bond acceptors (Lipinski definition) is 8. The Morgan fingerprint density at radius 1 is 0.775 bits per heavy atom. The molecule has 0 heterocycles. The molecule has 1 fully saturated rings. The number of hydrogen-bond donors (Lipinski definition) is 6. The minimum Gasteiger partial charge on any atom is -0.392 e. The third-order valence-electron chi connectivity index (χ3n) is 7.93. The Morgan fingerprint density at radius 2 is 1.12 bits per heavy atom. The van der Waals surface area contributed by atoms with Crippen LogP contribution in [0.5, 0.6) is 0 Å². The van der Waals surface area contributed by atoms with Crippen LogP contribution < -0.4 is 11.5 Å². The second-order valence-electron chi connectivity index (χ2n) is 15.1. The van der Waals surface area contributed by atoms with Gasteiger partial charge in [0.25, 0.3) is 0 Å². The molecule has 8 nitrogen and oxygen atoms in total. The van der Waals surface area contributed by atoms with Crippen LogP contribution in [-0.4, -0.2) is 106 Å². The van der Waals surface area contributed by atoms with Gasteiger partial charge in [-0.3, -0.25) is 9.80 Å². The Kier molecular flexibility index (Phi) is 13.5. The molecule has 1 rings (SSSR count). The molecule has 0 aromatic carbocycles. The first kappa shape index (κ1) is 37.2. The standard InChI is InChI=1S/C32H64N4O4/c1-22(37)15-35(16-23(2)38)20-29(5,6)12-26-27(34)13-31(9,10)28(32(26,11)19-33)14-30(7,8)21-36(17-24(3)39)18-25(4)40/h12,14,22-25,27,37-40H,13,15-21,33-34H2,1-11H3. The number of nitrogens with two attached hydrogens (primary N) is 2. The molecule has 1 aliphatic rings. The average Bonchev–Trinajstić information content (AvgIpc) is 2.71. The van der Waals surface area contributed by atoms with Gasteiger partial charge >= 0.3 is 0 Å². The summed E-state index contributed by atoms with van der Waals surface area (Å²) in [6.07, 6.45) is 3.50. The van der Waals surface area contributed by atoms with Crippen molar-refractivity contribution in [1.82, 2.24) is 9.80 Å². The minimum atomic E-state index is -0.492. The Labute approximate surface area is 245 Å². The van der Waals surface area contributed by atoms with E-state index < -0.39 is 29.8 Å². The topological polar surface area (TPSA) is 139 Å². The molecule has 6 atom stereocenters. The van der Waals surface area contributed by atoms with Gasteiger partial charge in [-0.05, 0) is 55.9 Å². The zero-order valence-electron chi connectivity index (χ0n) is 27.5. The Balaban J connectivity index is 3.55. The van der Waals surface area contributed by atoms with Crippen molar-refractivity contribution < 1.29 is 20.4 Å². The molecule has 0 aromatic heterocycles. The lowest BCUT2D eigenvalue weighted by molar-refractivity contribution is 0.0678. The molecular formula is C32H64N4O4. The van der Waals surface area contributed by atoms with Crippen LogP contribution in [0.4, 0.5) is 0 Å². The summed E-state index contributed by atoms with van der Waals surface area (Å²) in [6.45, 7) is 26.3. The van der Waals surface area contributed by atoms with Gasteiger partial charge in [0, 0.05) is 57.3 Å².